The van der Waals surface area contributed by atoms with E-state index in [0.717, 1.165) is 17.1 Å². The molecule has 0 saturated heterocycles. The highest BCUT2D eigenvalue weighted by Crippen LogP contribution is 2.21. The van der Waals surface area contributed by atoms with Crippen LogP contribution in [-0.2, 0) is 0 Å². The normalized spacial score (nSPS) is 10.5. The van der Waals surface area contributed by atoms with Gasteiger partial charge in [0.25, 0.3) is 5.91 Å². The Hall–Kier alpha value is -3.90. The molecule has 0 atom stereocenters. The maximum absolute atomic E-state index is 12.4. The molecule has 4 aromatic rings. The molecule has 32 heavy (non-hydrogen) atoms. The second-order valence-corrected chi connectivity index (χ2v) is 7.81. The number of benzene rings is 3. The van der Waals surface area contributed by atoms with E-state index >= 15 is 0 Å². The van der Waals surface area contributed by atoms with Gasteiger partial charge >= 0.3 is 0 Å². The molecule has 0 aliphatic rings. The molecular weight excluding hydrogens is 422 g/mol. The highest BCUT2D eigenvalue weighted by Gasteiger charge is 2.07. The van der Waals surface area contributed by atoms with Crippen LogP contribution in [0.4, 0.5) is 28.8 Å². The van der Waals surface area contributed by atoms with Gasteiger partial charge in [-0.25, -0.2) is 4.98 Å². The zero-order chi connectivity index (χ0) is 22.5. The fourth-order valence-corrected chi connectivity index (χ4v) is 3.26. The predicted molar refractivity (Wildman–Crippen MR) is 130 cm³/mol. The molecule has 4 rings (SSSR count). The van der Waals surface area contributed by atoms with Gasteiger partial charge in [0, 0.05) is 39.4 Å². The first-order chi connectivity index (χ1) is 15.4. The van der Waals surface area contributed by atoms with E-state index in [1.165, 1.54) is 5.56 Å². The minimum absolute atomic E-state index is 0.216. The summed E-state index contributed by atoms with van der Waals surface area (Å²) in [5.41, 5.74) is 4.97. The predicted octanol–water partition coefficient (Wildman–Crippen LogP) is 6.49. The van der Waals surface area contributed by atoms with E-state index in [2.05, 4.69) is 25.9 Å². The summed E-state index contributed by atoms with van der Waals surface area (Å²) in [7, 11) is 0. The first-order valence-corrected chi connectivity index (χ1v) is 10.5. The number of anilines is 5. The van der Waals surface area contributed by atoms with Crippen molar-refractivity contribution in [2.24, 2.45) is 0 Å². The van der Waals surface area contributed by atoms with E-state index in [1.807, 2.05) is 68.4 Å². The number of hydrogen-bond acceptors (Lipinski definition) is 5. The van der Waals surface area contributed by atoms with E-state index in [9.17, 15) is 4.79 Å². The largest absolute Gasteiger partial charge is 0.340 e. The van der Waals surface area contributed by atoms with E-state index in [4.69, 9.17) is 11.6 Å². The van der Waals surface area contributed by atoms with Crippen LogP contribution >= 0.6 is 11.6 Å². The van der Waals surface area contributed by atoms with Crippen LogP contribution in [0.25, 0.3) is 0 Å². The molecule has 0 unspecified atom stereocenters. The molecule has 0 bridgehead atoms. The van der Waals surface area contributed by atoms with Crippen molar-refractivity contribution in [1.29, 1.82) is 0 Å². The van der Waals surface area contributed by atoms with E-state index in [0.29, 0.717) is 28.0 Å². The topological polar surface area (TPSA) is 78.9 Å². The minimum atomic E-state index is -0.216. The number of halogens is 1. The maximum Gasteiger partial charge on any atom is 0.255 e. The Labute approximate surface area is 191 Å². The van der Waals surface area contributed by atoms with Crippen LogP contribution in [0.1, 0.15) is 21.6 Å². The van der Waals surface area contributed by atoms with Gasteiger partial charge in [-0.15, -0.1) is 0 Å². The molecule has 0 aliphatic carbocycles. The van der Waals surface area contributed by atoms with Crippen LogP contribution in [0.2, 0.25) is 5.02 Å². The third-order valence-corrected chi connectivity index (χ3v) is 4.90. The molecule has 0 radical (unpaired) electrons. The molecule has 160 valence electrons. The number of hydrogen-bond donors (Lipinski definition) is 3. The van der Waals surface area contributed by atoms with Crippen molar-refractivity contribution in [2.45, 2.75) is 13.8 Å². The number of rotatable bonds is 6. The summed E-state index contributed by atoms with van der Waals surface area (Å²) in [6.07, 6.45) is 0. The second kappa shape index (κ2) is 9.49. The second-order valence-electron chi connectivity index (χ2n) is 7.38. The van der Waals surface area contributed by atoms with Crippen LogP contribution in [0, 0.1) is 13.8 Å². The average molecular weight is 444 g/mol. The van der Waals surface area contributed by atoms with Crippen LogP contribution in [0.3, 0.4) is 0 Å². The van der Waals surface area contributed by atoms with E-state index in [-0.39, 0.29) is 5.91 Å². The molecule has 3 N–H and O–H groups in total. The smallest absolute Gasteiger partial charge is 0.255 e. The Kier molecular flexibility index (Phi) is 6.33. The van der Waals surface area contributed by atoms with Gasteiger partial charge in [0.2, 0.25) is 5.95 Å². The number of aromatic nitrogens is 2. The van der Waals surface area contributed by atoms with Gasteiger partial charge in [-0.1, -0.05) is 35.4 Å². The standard InChI is InChI=1S/C25H22ClN5O/c1-16-6-8-22(9-7-16)30-25-27-17(2)14-23(31-25)28-20-10-12-21(13-11-20)29-24(32)18-4-3-5-19(26)15-18/h3-15H,1-2H3,(H,29,32)(H2,27,28,30,31). The lowest BCUT2D eigenvalue weighted by Gasteiger charge is -2.11. The highest BCUT2D eigenvalue weighted by atomic mass is 35.5. The lowest BCUT2D eigenvalue weighted by molar-refractivity contribution is 0.102. The van der Waals surface area contributed by atoms with Crippen LogP contribution in [0.15, 0.2) is 78.9 Å². The molecule has 7 heteroatoms. The highest BCUT2D eigenvalue weighted by molar-refractivity contribution is 6.31. The summed E-state index contributed by atoms with van der Waals surface area (Å²) in [4.78, 5) is 21.4. The molecular formula is C25H22ClN5O. The van der Waals surface area contributed by atoms with Crippen molar-refractivity contribution >= 4 is 46.3 Å². The maximum atomic E-state index is 12.4. The Morgan fingerprint density at radius 3 is 2.16 bits per heavy atom. The van der Waals surface area contributed by atoms with Crippen LogP contribution in [0.5, 0.6) is 0 Å². The Bertz CT molecular complexity index is 1240. The Morgan fingerprint density at radius 2 is 1.44 bits per heavy atom. The fourth-order valence-electron chi connectivity index (χ4n) is 3.07. The molecule has 3 aromatic carbocycles. The summed E-state index contributed by atoms with van der Waals surface area (Å²) in [6, 6.07) is 24.1. The van der Waals surface area contributed by atoms with Gasteiger partial charge in [-0.3, -0.25) is 4.79 Å². The van der Waals surface area contributed by atoms with Crippen molar-refractivity contribution < 1.29 is 4.79 Å². The van der Waals surface area contributed by atoms with Crippen LogP contribution < -0.4 is 16.0 Å². The SMILES string of the molecule is Cc1ccc(Nc2nc(C)cc(Nc3ccc(NC(=O)c4cccc(Cl)c4)cc3)n2)cc1. The zero-order valence-corrected chi connectivity index (χ0v) is 18.4. The number of amides is 1. The first-order valence-electron chi connectivity index (χ1n) is 10.1. The summed E-state index contributed by atoms with van der Waals surface area (Å²) in [5, 5.41) is 9.89. The summed E-state index contributed by atoms with van der Waals surface area (Å²) in [6.45, 7) is 3.96. The molecule has 0 spiro atoms. The summed E-state index contributed by atoms with van der Waals surface area (Å²) in [5.74, 6) is 0.969. The van der Waals surface area contributed by atoms with Gasteiger partial charge in [-0.05, 0) is 68.4 Å². The van der Waals surface area contributed by atoms with Crippen molar-refractivity contribution in [2.75, 3.05) is 16.0 Å². The molecule has 0 saturated carbocycles. The Morgan fingerprint density at radius 1 is 0.781 bits per heavy atom. The number of carbonyl (C=O) groups excluding carboxylic acids is 1. The minimum Gasteiger partial charge on any atom is -0.340 e. The quantitative estimate of drug-likeness (QED) is 0.317. The summed E-state index contributed by atoms with van der Waals surface area (Å²) < 4.78 is 0. The van der Waals surface area contributed by atoms with Crippen molar-refractivity contribution in [1.82, 2.24) is 9.97 Å². The van der Waals surface area contributed by atoms with Crippen molar-refractivity contribution in [3.63, 3.8) is 0 Å². The molecule has 1 heterocycles. The average Bonchev–Trinajstić information content (AvgIpc) is 2.76. The third kappa shape index (κ3) is 5.62. The zero-order valence-electron chi connectivity index (χ0n) is 17.7. The summed E-state index contributed by atoms with van der Waals surface area (Å²) >= 11 is 5.96. The monoisotopic (exact) mass is 443 g/mol. The molecule has 1 amide bonds. The van der Waals surface area contributed by atoms with Crippen molar-refractivity contribution in [3.05, 3.63) is 101 Å². The third-order valence-electron chi connectivity index (χ3n) is 4.66. The van der Waals surface area contributed by atoms with Gasteiger partial charge in [-0.2, -0.15) is 4.98 Å². The lowest BCUT2D eigenvalue weighted by Crippen LogP contribution is -2.11. The van der Waals surface area contributed by atoms with Gasteiger partial charge < -0.3 is 16.0 Å². The molecule has 1 aromatic heterocycles. The number of nitrogens with one attached hydrogen (secondary N) is 3. The van der Waals surface area contributed by atoms with Gasteiger partial charge in [0.1, 0.15) is 5.82 Å². The lowest BCUT2D eigenvalue weighted by atomic mass is 10.2. The molecule has 6 nitrogen and oxygen atoms in total. The molecule has 0 fully saturated rings. The van der Waals surface area contributed by atoms with Crippen molar-refractivity contribution in [3.8, 4) is 0 Å². The van der Waals surface area contributed by atoms with Gasteiger partial charge in [0.05, 0.1) is 0 Å². The molecule has 0 aliphatic heterocycles. The number of nitrogens with zero attached hydrogens (tertiary/aromatic N) is 2. The fraction of sp³-hybridized carbons (Fsp3) is 0.0800. The first kappa shape index (κ1) is 21.3. The Balaban J connectivity index is 1.43. The number of aryl methyl sites for hydroxylation is 2. The number of carbonyl (C=O) groups is 1. The van der Waals surface area contributed by atoms with E-state index < -0.39 is 0 Å². The van der Waals surface area contributed by atoms with Gasteiger partial charge in [0.15, 0.2) is 0 Å². The van der Waals surface area contributed by atoms with Crippen LogP contribution in [-0.4, -0.2) is 15.9 Å². The van der Waals surface area contributed by atoms with E-state index in [1.54, 1.807) is 24.3 Å².